The Kier molecular flexibility index (Phi) is 6.79. The highest BCUT2D eigenvalue weighted by Gasteiger charge is 2.30. The Hall–Kier alpha value is -1.35. The molecule has 3 N–H and O–H groups in total. The van der Waals surface area contributed by atoms with Gasteiger partial charge in [-0.2, -0.15) is 13.2 Å². The molecule has 0 atom stereocenters. The van der Waals surface area contributed by atoms with Gasteiger partial charge < -0.3 is 15.6 Å². The highest BCUT2D eigenvalue weighted by atomic mass is 19.4. The normalized spacial score (nSPS) is 11.3. The van der Waals surface area contributed by atoms with E-state index in [-0.39, 0.29) is 5.91 Å². The molecule has 0 saturated carbocycles. The zero-order chi connectivity index (χ0) is 14.4. The number of halogens is 3. The number of likely N-dealkylation sites (N-methyl/N-ethyl adjacent to an activating group) is 1. The first-order chi connectivity index (χ1) is 7.34. The summed E-state index contributed by atoms with van der Waals surface area (Å²) in [5.74, 6) is -3.14. The third-order valence-electron chi connectivity index (χ3n) is 1.37. The van der Waals surface area contributed by atoms with E-state index in [1.807, 2.05) is 0 Å². The van der Waals surface area contributed by atoms with Crippen LogP contribution in [0.5, 0.6) is 0 Å². The number of hydrogen-bond acceptors (Lipinski definition) is 4. The number of nitrogens with zero attached hydrogens (tertiary/aromatic N) is 1. The lowest BCUT2D eigenvalue weighted by Crippen LogP contribution is -2.75. The molecule has 0 rings (SSSR count). The van der Waals surface area contributed by atoms with Crippen LogP contribution >= 0.6 is 0 Å². The third-order valence-corrected chi connectivity index (χ3v) is 1.37. The summed E-state index contributed by atoms with van der Waals surface area (Å²) in [6.07, 6.45) is -5.19. The molecule has 0 aromatic carbocycles. The summed E-state index contributed by atoms with van der Waals surface area (Å²) in [6.45, 7) is 3.48. The monoisotopic (exact) mass is 260 g/mol. The predicted octanol–water partition coefficient (Wildman–Crippen LogP) is -1.67. The Bertz CT molecular complexity index is 273. The third kappa shape index (κ3) is 8.46. The van der Waals surface area contributed by atoms with Crippen LogP contribution in [0.25, 0.3) is 0 Å². The second kappa shape index (κ2) is 6.40. The molecule has 9 heteroatoms. The van der Waals surface area contributed by atoms with Crippen LogP contribution < -0.4 is 10.8 Å². The molecule has 17 heavy (non-hydrogen) atoms. The molecule has 0 spiro atoms. The van der Waals surface area contributed by atoms with E-state index in [0.29, 0.717) is 0 Å². The van der Waals surface area contributed by atoms with Crippen molar-refractivity contribution in [1.29, 1.82) is 0 Å². The van der Waals surface area contributed by atoms with Crippen molar-refractivity contribution in [2.24, 2.45) is 0 Å². The van der Waals surface area contributed by atoms with Crippen molar-refractivity contribution in [2.45, 2.75) is 25.6 Å². The number of alkyl halides is 3. The smallest absolute Gasteiger partial charge is 0.430 e. The van der Waals surface area contributed by atoms with Crippen molar-refractivity contribution in [3.63, 3.8) is 0 Å². The maximum atomic E-state index is 11.1. The van der Waals surface area contributed by atoms with Gasteiger partial charge in [-0.25, -0.2) is 5.06 Å². The fourth-order valence-electron chi connectivity index (χ4n) is 0.509. The number of rotatable bonds is 2. The van der Waals surface area contributed by atoms with E-state index < -0.39 is 17.7 Å². The lowest BCUT2D eigenvalue weighted by Gasteiger charge is -2.20. The molecule has 0 aliphatic rings. The Morgan fingerprint density at radius 2 is 1.59 bits per heavy atom. The number of carboxylic acid groups (broad SMARTS) is 1. The van der Waals surface area contributed by atoms with Gasteiger partial charge in [-0.15, -0.1) is 0 Å². The molecule has 0 aromatic rings. The molecule has 0 fully saturated rings. The van der Waals surface area contributed by atoms with Crippen LogP contribution in [-0.4, -0.2) is 42.8 Å². The standard InChI is InChI=1S/C6H14N2O2.C2HF3O2/c1-6(2,7)5(9)8(3)10-4;3-2(4,5)1(6)7/h7H2,1-4H3;(H,6,7). The van der Waals surface area contributed by atoms with Gasteiger partial charge in [0, 0.05) is 7.05 Å². The van der Waals surface area contributed by atoms with Crippen molar-refractivity contribution in [3.8, 4) is 0 Å². The van der Waals surface area contributed by atoms with E-state index in [1.165, 1.54) is 12.2 Å². The van der Waals surface area contributed by atoms with Gasteiger partial charge in [0.05, 0.1) is 7.11 Å². The van der Waals surface area contributed by atoms with Crippen LogP contribution in [0, 0.1) is 0 Å². The zero-order valence-corrected chi connectivity index (χ0v) is 9.92. The van der Waals surface area contributed by atoms with Gasteiger partial charge in [-0.1, -0.05) is 0 Å². The van der Waals surface area contributed by atoms with Gasteiger partial charge in [0.1, 0.15) is 5.97 Å². The molecule has 0 aliphatic carbocycles. The van der Waals surface area contributed by atoms with Crippen molar-refractivity contribution in [3.05, 3.63) is 0 Å². The molecule has 0 heterocycles. The molecular weight excluding hydrogens is 245 g/mol. The summed E-state index contributed by atoms with van der Waals surface area (Å²) >= 11 is 0. The second-order valence-electron chi connectivity index (χ2n) is 3.65. The Morgan fingerprint density at radius 1 is 1.29 bits per heavy atom. The van der Waals surface area contributed by atoms with Crippen molar-refractivity contribution < 1.29 is 38.4 Å². The van der Waals surface area contributed by atoms with Gasteiger partial charge in [-0.05, 0) is 13.8 Å². The predicted molar refractivity (Wildman–Crippen MR) is 47.8 cm³/mol. The number of hydroxylamine groups is 2. The van der Waals surface area contributed by atoms with Crippen LogP contribution in [-0.2, 0) is 14.4 Å². The maximum absolute atomic E-state index is 11.1. The van der Waals surface area contributed by atoms with E-state index in [2.05, 4.69) is 10.6 Å². The van der Waals surface area contributed by atoms with Gasteiger partial charge in [0.15, 0.2) is 5.54 Å². The fourth-order valence-corrected chi connectivity index (χ4v) is 0.509. The fraction of sp³-hybridized carbons (Fsp3) is 0.750. The number of carbonyl (C=O) groups is 2. The van der Waals surface area contributed by atoms with Gasteiger partial charge in [0.25, 0.3) is 0 Å². The van der Waals surface area contributed by atoms with Gasteiger partial charge in [-0.3, -0.25) is 9.63 Å². The topological polar surface area (TPSA) is 97.3 Å². The highest BCUT2D eigenvalue weighted by molar-refractivity contribution is 5.82. The lowest BCUT2D eigenvalue weighted by atomic mass is 10.1. The molecule has 6 nitrogen and oxygen atoms in total. The second-order valence-corrected chi connectivity index (χ2v) is 3.65. The summed E-state index contributed by atoms with van der Waals surface area (Å²) in [5, 5.41) is 9.96. The molecule has 0 saturated heterocycles. The minimum atomic E-state index is -5.19. The van der Waals surface area contributed by atoms with E-state index in [9.17, 15) is 18.0 Å². The minimum absolute atomic E-state index is 0.130. The Labute approximate surface area is 96.1 Å². The molecule has 1 amide bonds. The minimum Gasteiger partial charge on any atom is -0.542 e. The number of quaternary nitrogens is 1. The molecule has 0 unspecified atom stereocenters. The average molecular weight is 260 g/mol. The van der Waals surface area contributed by atoms with Crippen LogP contribution in [0.2, 0.25) is 0 Å². The molecule has 0 radical (unpaired) electrons. The first-order valence-corrected chi connectivity index (χ1v) is 4.29. The molecule has 0 bridgehead atoms. The SMILES string of the molecule is CON(C)C(=O)C(C)(C)[NH3+].O=C([O-])C(F)(F)F. The van der Waals surface area contributed by atoms with E-state index in [0.717, 1.165) is 0 Å². The van der Waals surface area contributed by atoms with Crippen LogP contribution in [0.3, 0.4) is 0 Å². The van der Waals surface area contributed by atoms with E-state index in [4.69, 9.17) is 9.90 Å². The van der Waals surface area contributed by atoms with Gasteiger partial charge in [0.2, 0.25) is 0 Å². The highest BCUT2D eigenvalue weighted by Crippen LogP contribution is 2.11. The lowest BCUT2D eigenvalue weighted by molar-refractivity contribution is -0.450. The van der Waals surface area contributed by atoms with Crippen molar-refractivity contribution in [1.82, 2.24) is 5.06 Å². The van der Waals surface area contributed by atoms with E-state index in [1.54, 1.807) is 20.9 Å². The van der Waals surface area contributed by atoms with Crippen molar-refractivity contribution >= 4 is 11.9 Å². The summed E-state index contributed by atoms with van der Waals surface area (Å²) in [4.78, 5) is 24.6. The number of carbonyl (C=O) groups excluding carboxylic acids is 2. The molecule has 0 aromatic heterocycles. The van der Waals surface area contributed by atoms with Crippen LogP contribution in [0.4, 0.5) is 13.2 Å². The first kappa shape index (κ1) is 18.0. The largest absolute Gasteiger partial charge is 0.542 e. The Morgan fingerprint density at radius 3 is 1.65 bits per heavy atom. The van der Waals surface area contributed by atoms with E-state index >= 15 is 0 Å². The van der Waals surface area contributed by atoms with Crippen LogP contribution in [0.15, 0.2) is 0 Å². The summed E-state index contributed by atoms with van der Waals surface area (Å²) in [7, 11) is 3.01. The summed E-state index contributed by atoms with van der Waals surface area (Å²) < 4.78 is 31.5. The number of amides is 1. The maximum Gasteiger partial charge on any atom is 0.430 e. The molecule has 102 valence electrons. The number of hydrogen-bond donors (Lipinski definition) is 1. The van der Waals surface area contributed by atoms with Crippen molar-refractivity contribution in [2.75, 3.05) is 14.2 Å². The molecular formula is C8H15F3N2O4. The average Bonchev–Trinajstić information content (AvgIpc) is 2.13. The number of aliphatic carboxylic acids is 1. The molecule has 0 aliphatic heterocycles. The summed E-state index contributed by atoms with van der Waals surface area (Å²) in [6, 6.07) is 0. The number of carboxylic acids is 1. The van der Waals surface area contributed by atoms with Crippen LogP contribution in [0.1, 0.15) is 13.8 Å². The first-order valence-electron chi connectivity index (χ1n) is 4.29. The Balaban J connectivity index is 0. The van der Waals surface area contributed by atoms with Gasteiger partial charge >= 0.3 is 12.1 Å². The quantitative estimate of drug-likeness (QED) is 0.600. The zero-order valence-electron chi connectivity index (χ0n) is 9.92. The summed E-state index contributed by atoms with van der Waals surface area (Å²) in [5.41, 5.74) is 3.06.